The van der Waals surface area contributed by atoms with E-state index in [2.05, 4.69) is 4.98 Å². The Balaban J connectivity index is 2.36. The first-order chi connectivity index (χ1) is 8.99. The highest BCUT2D eigenvalue weighted by Gasteiger charge is 2.23. The van der Waals surface area contributed by atoms with E-state index in [1.807, 2.05) is 17.9 Å². The van der Waals surface area contributed by atoms with Crippen LogP contribution in [-0.4, -0.2) is 34.1 Å². The number of anilines is 1. The quantitative estimate of drug-likeness (QED) is 0.507. The van der Waals surface area contributed by atoms with E-state index in [1.165, 1.54) is 11.6 Å². The Labute approximate surface area is 109 Å². The van der Waals surface area contributed by atoms with Gasteiger partial charge in [0.15, 0.2) is 0 Å². The van der Waals surface area contributed by atoms with Gasteiger partial charge in [-0.05, 0) is 13.3 Å². The van der Waals surface area contributed by atoms with Crippen molar-refractivity contribution in [2.45, 2.75) is 13.3 Å². The van der Waals surface area contributed by atoms with Gasteiger partial charge in [0, 0.05) is 19.2 Å². The van der Waals surface area contributed by atoms with Crippen LogP contribution in [0.5, 0.6) is 0 Å². The van der Waals surface area contributed by atoms with Crippen molar-refractivity contribution in [1.82, 2.24) is 4.98 Å². The molecule has 0 unspecified atom stereocenters. The number of hydrogen-bond donors (Lipinski definition) is 1. The third kappa shape index (κ3) is 2.70. The molecule has 0 aromatic carbocycles. The molecule has 0 saturated carbocycles. The van der Waals surface area contributed by atoms with E-state index in [0.29, 0.717) is 12.4 Å². The first-order valence-corrected chi connectivity index (χ1v) is 5.77. The van der Waals surface area contributed by atoms with Gasteiger partial charge in [-0.15, -0.1) is 0 Å². The summed E-state index contributed by atoms with van der Waals surface area (Å²) in [5.74, 6) is -0.870. The van der Waals surface area contributed by atoms with Crippen LogP contribution in [0.15, 0.2) is 23.9 Å². The summed E-state index contributed by atoms with van der Waals surface area (Å²) in [6.45, 7) is 3.39. The first-order valence-electron chi connectivity index (χ1n) is 5.77. The lowest BCUT2D eigenvalue weighted by Crippen LogP contribution is -2.29. The molecule has 2 heterocycles. The molecule has 1 aliphatic rings. The van der Waals surface area contributed by atoms with E-state index in [9.17, 15) is 14.9 Å². The van der Waals surface area contributed by atoms with Crippen molar-refractivity contribution in [3.63, 3.8) is 0 Å². The SMILES string of the molecule is CC1=CCN(c2cc(C(=O)O)c([N+](=O)[O-])cn2)CC1. The zero-order valence-electron chi connectivity index (χ0n) is 10.4. The second kappa shape index (κ2) is 5.05. The number of carboxylic acid groups (broad SMARTS) is 1. The largest absolute Gasteiger partial charge is 0.477 e. The Morgan fingerprint density at radius 1 is 1.58 bits per heavy atom. The molecular formula is C12H13N3O4. The fraction of sp³-hybridized carbons (Fsp3) is 0.333. The number of carboxylic acids is 1. The summed E-state index contributed by atoms with van der Waals surface area (Å²) < 4.78 is 0. The maximum absolute atomic E-state index is 11.1. The number of aromatic carboxylic acids is 1. The summed E-state index contributed by atoms with van der Waals surface area (Å²) in [6, 6.07) is 1.26. The number of pyridine rings is 1. The maximum Gasteiger partial charge on any atom is 0.342 e. The number of nitro groups is 1. The van der Waals surface area contributed by atoms with Crippen molar-refractivity contribution < 1.29 is 14.8 Å². The molecule has 0 radical (unpaired) electrons. The van der Waals surface area contributed by atoms with Crippen LogP contribution in [0, 0.1) is 10.1 Å². The molecule has 2 rings (SSSR count). The summed E-state index contributed by atoms with van der Waals surface area (Å²) >= 11 is 0. The minimum Gasteiger partial charge on any atom is -0.477 e. The third-order valence-electron chi connectivity index (χ3n) is 3.06. The van der Waals surface area contributed by atoms with Crippen molar-refractivity contribution in [1.29, 1.82) is 0 Å². The molecule has 100 valence electrons. The van der Waals surface area contributed by atoms with Crippen molar-refractivity contribution in [3.8, 4) is 0 Å². The molecular weight excluding hydrogens is 250 g/mol. The van der Waals surface area contributed by atoms with Crippen LogP contribution in [0.3, 0.4) is 0 Å². The minimum atomic E-state index is -1.32. The third-order valence-corrected chi connectivity index (χ3v) is 3.06. The predicted molar refractivity (Wildman–Crippen MR) is 68.4 cm³/mol. The molecule has 0 saturated heterocycles. The van der Waals surface area contributed by atoms with Crippen molar-refractivity contribution in [2.75, 3.05) is 18.0 Å². The highest BCUT2D eigenvalue weighted by Crippen LogP contribution is 2.24. The smallest absolute Gasteiger partial charge is 0.342 e. The second-order valence-electron chi connectivity index (χ2n) is 4.37. The number of rotatable bonds is 3. The zero-order chi connectivity index (χ0) is 14.0. The highest BCUT2D eigenvalue weighted by atomic mass is 16.6. The van der Waals surface area contributed by atoms with Gasteiger partial charge >= 0.3 is 11.7 Å². The fourth-order valence-corrected chi connectivity index (χ4v) is 1.91. The summed E-state index contributed by atoms with van der Waals surface area (Å²) in [5, 5.41) is 19.8. The number of nitrogens with zero attached hydrogens (tertiary/aromatic N) is 3. The summed E-state index contributed by atoms with van der Waals surface area (Å²) in [4.78, 5) is 26.9. The number of carbonyl (C=O) groups is 1. The molecule has 1 aromatic rings. The lowest BCUT2D eigenvalue weighted by molar-refractivity contribution is -0.385. The van der Waals surface area contributed by atoms with E-state index in [1.54, 1.807) is 0 Å². The van der Waals surface area contributed by atoms with Gasteiger partial charge in [-0.3, -0.25) is 10.1 Å². The van der Waals surface area contributed by atoms with Crippen molar-refractivity contribution >= 4 is 17.5 Å². The lowest BCUT2D eigenvalue weighted by atomic mass is 10.1. The average Bonchev–Trinajstić information content (AvgIpc) is 2.38. The molecule has 0 aliphatic carbocycles. The van der Waals surface area contributed by atoms with Gasteiger partial charge in [0.25, 0.3) is 0 Å². The van der Waals surface area contributed by atoms with E-state index in [-0.39, 0.29) is 5.56 Å². The maximum atomic E-state index is 11.1. The van der Waals surface area contributed by atoms with Gasteiger partial charge in [0.2, 0.25) is 0 Å². The van der Waals surface area contributed by atoms with Gasteiger partial charge in [0.1, 0.15) is 17.6 Å². The van der Waals surface area contributed by atoms with E-state index in [4.69, 9.17) is 5.11 Å². The Morgan fingerprint density at radius 3 is 2.84 bits per heavy atom. The average molecular weight is 263 g/mol. The van der Waals surface area contributed by atoms with Crippen LogP contribution in [0.4, 0.5) is 11.5 Å². The van der Waals surface area contributed by atoms with E-state index in [0.717, 1.165) is 19.2 Å². The Kier molecular flexibility index (Phi) is 3.46. The number of hydrogen-bond acceptors (Lipinski definition) is 5. The van der Waals surface area contributed by atoms with Crippen LogP contribution in [0.25, 0.3) is 0 Å². The van der Waals surface area contributed by atoms with Crippen LogP contribution < -0.4 is 4.90 Å². The molecule has 1 N–H and O–H groups in total. The highest BCUT2D eigenvalue weighted by molar-refractivity contribution is 5.93. The first kappa shape index (κ1) is 13.0. The van der Waals surface area contributed by atoms with Gasteiger partial charge in [0.05, 0.1) is 4.92 Å². The van der Waals surface area contributed by atoms with Gasteiger partial charge < -0.3 is 10.0 Å². The Morgan fingerprint density at radius 2 is 2.32 bits per heavy atom. The summed E-state index contributed by atoms with van der Waals surface area (Å²) in [7, 11) is 0. The number of aromatic nitrogens is 1. The molecule has 0 spiro atoms. The standard InChI is InChI=1S/C12H13N3O4/c1-8-2-4-14(5-3-8)11-6-9(12(16)17)10(7-13-11)15(18)19/h2,6-7H,3-5H2,1H3,(H,16,17). The fourth-order valence-electron chi connectivity index (χ4n) is 1.91. The molecule has 0 fully saturated rings. The molecule has 0 atom stereocenters. The van der Waals surface area contributed by atoms with Crippen LogP contribution in [0.2, 0.25) is 0 Å². The molecule has 0 bridgehead atoms. The summed E-state index contributed by atoms with van der Waals surface area (Å²) in [6.07, 6.45) is 3.91. The van der Waals surface area contributed by atoms with Crippen LogP contribution >= 0.6 is 0 Å². The zero-order valence-corrected chi connectivity index (χ0v) is 10.4. The van der Waals surface area contributed by atoms with Gasteiger partial charge in [-0.25, -0.2) is 9.78 Å². The predicted octanol–water partition coefficient (Wildman–Crippen LogP) is 1.84. The molecule has 7 nitrogen and oxygen atoms in total. The Hall–Kier alpha value is -2.44. The topological polar surface area (TPSA) is 96.6 Å². The molecule has 1 aliphatic heterocycles. The van der Waals surface area contributed by atoms with Crippen molar-refractivity contribution in [2.24, 2.45) is 0 Å². The van der Waals surface area contributed by atoms with Gasteiger partial charge in [-0.2, -0.15) is 0 Å². The summed E-state index contributed by atoms with van der Waals surface area (Å²) in [5.41, 5.74) is 0.456. The normalized spacial score (nSPS) is 15.0. The molecule has 19 heavy (non-hydrogen) atoms. The van der Waals surface area contributed by atoms with Crippen LogP contribution in [-0.2, 0) is 0 Å². The molecule has 7 heteroatoms. The monoisotopic (exact) mass is 263 g/mol. The van der Waals surface area contributed by atoms with E-state index >= 15 is 0 Å². The van der Waals surface area contributed by atoms with E-state index < -0.39 is 16.6 Å². The van der Waals surface area contributed by atoms with Crippen molar-refractivity contribution in [3.05, 3.63) is 39.6 Å². The lowest BCUT2D eigenvalue weighted by Gasteiger charge is -2.26. The second-order valence-corrected chi connectivity index (χ2v) is 4.37. The minimum absolute atomic E-state index is 0.332. The molecule has 1 aromatic heterocycles. The Bertz CT molecular complexity index is 568. The molecule has 0 amide bonds. The van der Waals surface area contributed by atoms with Gasteiger partial charge in [-0.1, -0.05) is 11.6 Å². The van der Waals surface area contributed by atoms with Crippen LogP contribution in [0.1, 0.15) is 23.7 Å².